The second-order valence-electron chi connectivity index (χ2n) is 5.94. The molecule has 3 heteroatoms. The molecule has 0 radical (unpaired) electrons. The molecule has 1 aromatic heterocycles. The fraction of sp³-hybridized carbons (Fsp3) is 0.733. The first-order chi connectivity index (χ1) is 8.47. The van der Waals surface area contributed by atoms with Gasteiger partial charge in [0, 0.05) is 25.0 Å². The summed E-state index contributed by atoms with van der Waals surface area (Å²) in [4.78, 5) is 2.25. The highest BCUT2D eigenvalue weighted by molar-refractivity contribution is 5.00. The molecule has 1 aromatic rings. The highest BCUT2D eigenvalue weighted by Crippen LogP contribution is 2.09. The fourth-order valence-corrected chi connectivity index (χ4v) is 2.40. The second-order valence-corrected chi connectivity index (χ2v) is 5.94. The molecule has 2 atom stereocenters. The Morgan fingerprint density at radius 3 is 2.50 bits per heavy atom. The predicted octanol–water partition coefficient (Wildman–Crippen LogP) is 2.78. The highest BCUT2D eigenvalue weighted by atomic mass is 16.3. The van der Waals surface area contributed by atoms with Gasteiger partial charge in [-0.25, -0.2) is 0 Å². The third kappa shape index (κ3) is 6.22. The fourth-order valence-electron chi connectivity index (χ4n) is 2.40. The summed E-state index contributed by atoms with van der Waals surface area (Å²) in [5.74, 6) is 1.78. The summed E-state index contributed by atoms with van der Waals surface area (Å²) >= 11 is 0. The van der Waals surface area contributed by atoms with Crippen molar-refractivity contribution in [1.82, 2.24) is 10.2 Å². The molecule has 1 heterocycles. The van der Waals surface area contributed by atoms with Crippen molar-refractivity contribution in [3.8, 4) is 0 Å². The quantitative estimate of drug-likeness (QED) is 0.771. The Kier molecular flexibility index (Phi) is 6.44. The van der Waals surface area contributed by atoms with E-state index in [9.17, 15) is 0 Å². The van der Waals surface area contributed by atoms with Crippen LogP contribution in [0.4, 0.5) is 0 Å². The average Bonchev–Trinajstić information content (AvgIpc) is 2.67. The lowest BCUT2D eigenvalue weighted by atomic mass is 10.0. The van der Waals surface area contributed by atoms with E-state index < -0.39 is 0 Å². The van der Waals surface area contributed by atoms with Crippen LogP contribution in [0.15, 0.2) is 22.8 Å². The molecule has 0 saturated heterocycles. The minimum Gasteiger partial charge on any atom is -0.469 e. The van der Waals surface area contributed by atoms with Gasteiger partial charge in [0.05, 0.1) is 6.26 Å². The Balaban J connectivity index is 2.43. The number of hydrogen-bond acceptors (Lipinski definition) is 3. The molecule has 0 aliphatic carbocycles. The molecule has 1 N–H and O–H groups in total. The first kappa shape index (κ1) is 15.3. The van der Waals surface area contributed by atoms with Gasteiger partial charge in [-0.1, -0.05) is 13.8 Å². The molecule has 0 aliphatic heterocycles. The van der Waals surface area contributed by atoms with Gasteiger partial charge in [-0.3, -0.25) is 0 Å². The van der Waals surface area contributed by atoms with Crippen LogP contribution in [-0.2, 0) is 6.42 Å². The second kappa shape index (κ2) is 7.59. The van der Waals surface area contributed by atoms with E-state index in [2.05, 4.69) is 45.1 Å². The molecule has 0 spiro atoms. The van der Waals surface area contributed by atoms with Crippen LogP contribution in [0.25, 0.3) is 0 Å². The molecule has 0 aliphatic rings. The molecule has 1 rings (SSSR count). The Labute approximate surface area is 112 Å². The minimum absolute atomic E-state index is 0.444. The van der Waals surface area contributed by atoms with Crippen LogP contribution in [0, 0.1) is 5.92 Å². The smallest absolute Gasteiger partial charge is 0.105 e. The maximum atomic E-state index is 5.40. The first-order valence-corrected chi connectivity index (χ1v) is 6.90. The van der Waals surface area contributed by atoms with Crippen molar-refractivity contribution in [2.75, 3.05) is 20.6 Å². The molecular formula is C15H28N2O. The standard InChI is InChI=1S/C15H28N2O/c1-12(2)9-14(11-17(4)5)16-13(3)10-15-7-6-8-18-15/h6-8,12-14,16H,9-11H2,1-5H3. The van der Waals surface area contributed by atoms with Gasteiger partial charge in [-0.05, 0) is 45.5 Å². The van der Waals surface area contributed by atoms with Crippen LogP contribution >= 0.6 is 0 Å². The van der Waals surface area contributed by atoms with Gasteiger partial charge in [0.2, 0.25) is 0 Å². The molecule has 104 valence electrons. The largest absolute Gasteiger partial charge is 0.469 e. The molecule has 0 aromatic carbocycles. The predicted molar refractivity (Wildman–Crippen MR) is 76.8 cm³/mol. The van der Waals surface area contributed by atoms with Gasteiger partial charge in [0.25, 0.3) is 0 Å². The van der Waals surface area contributed by atoms with Gasteiger partial charge >= 0.3 is 0 Å². The van der Waals surface area contributed by atoms with Gasteiger partial charge in [-0.15, -0.1) is 0 Å². The van der Waals surface area contributed by atoms with Crippen LogP contribution in [0.2, 0.25) is 0 Å². The number of likely N-dealkylation sites (N-methyl/N-ethyl adjacent to an activating group) is 1. The van der Waals surface area contributed by atoms with E-state index in [0.29, 0.717) is 12.1 Å². The summed E-state index contributed by atoms with van der Waals surface area (Å²) < 4.78 is 5.40. The third-order valence-electron chi connectivity index (χ3n) is 2.95. The molecule has 2 unspecified atom stereocenters. The minimum atomic E-state index is 0.444. The monoisotopic (exact) mass is 252 g/mol. The van der Waals surface area contributed by atoms with Crippen LogP contribution in [0.3, 0.4) is 0 Å². The highest BCUT2D eigenvalue weighted by Gasteiger charge is 2.15. The zero-order valence-electron chi connectivity index (χ0n) is 12.4. The summed E-state index contributed by atoms with van der Waals surface area (Å²) in [6.07, 6.45) is 3.91. The summed E-state index contributed by atoms with van der Waals surface area (Å²) in [5.41, 5.74) is 0. The van der Waals surface area contributed by atoms with E-state index >= 15 is 0 Å². The molecule has 0 bridgehead atoms. The zero-order valence-corrected chi connectivity index (χ0v) is 12.4. The van der Waals surface area contributed by atoms with E-state index in [4.69, 9.17) is 4.42 Å². The zero-order chi connectivity index (χ0) is 13.5. The van der Waals surface area contributed by atoms with Crippen molar-refractivity contribution in [2.24, 2.45) is 5.92 Å². The van der Waals surface area contributed by atoms with Gasteiger partial charge < -0.3 is 14.6 Å². The topological polar surface area (TPSA) is 28.4 Å². The lowest BCUT2D eigenvalue weighted by Gasteiger charge is -2.27. The first-order valence-electron chi connectivity index (χ1n) is 6.90. The summed E-state index contributed by atoms with van der Waals surface area (Å²) in [6, 6.07) is 4.99. The van der Waals surface area contributed by atoms with Crippen molar-refractivity contribution in [2.45, 2.75) is 45.7 Å². The molecule has 0 fully saturated rings. The summed E-state index contributed by atoms with van der Waals surface area (Å²) in [7, 11) is 4.26. The van der Waals surface area contributed by atoms with Crippen molar-refractivity contribution in [1.29, 1.82) is 0 Å². The van der Waals surface area contributed by atoms with Gasteiger partial charge in [0.1, 0.15) is 5.76 Å². The Morgan fingerprint density at radius 2 is 2.00 bits per heavy atom. The average molecular weight is 252 g/mol. The molecule has 18 heavy (non-hydrogen) atoms. The Hall–Kier alpha value is -0.800. The number of hydrogen-bond donors (Lipinski definition) is 1. The maximum absolute atomic E-state index is 5.40. The SMILES string of the molecule is CC(C)CC(CN(C)C)NC(C)Cc1ccco1. The van der Waals surface area contributed by atoms with Gasteiger partial charge in [0.15, 0.2) is 0 Å². The molecule has 0 saturated carbocycles. The number of furan rings is 1. The summed E-state index contributed by atoms with van der Waals surface area (Å²) in [6.45, 7) is 7.87. The third-order valence-corrected chi connectivity index (χ3v) is 2.95. The normalized spacial score (nSPS) is 15.3. The Bertz CT molecular complexity index is 296. The van der Waals surface area contributed by atoms with Crippen LogP contribution in [0.1, 0.15) is 33.0 Å². The van der Waals surface area contributed by atoms with Crippen LogP contribution < -0.4 is 5.32 Å². The van der Waals surface area contributed by atoms with E-state index in [0.717, 1.165) is 24.6 Å². The van der Waals surface area contributed by atoms with E-state index in [-0.39, 0.29) is 0 Å². The molecular weight excluding hydrogens is 224 g/mol. The van der Waals surface area contributed by atoms with Crippen LogP contribution in [0.5, 0.6) is 0 Å². The molecule has 0 amide bonds. The number of nitrogens with zero attached hydrogens (tertiary/aromatic N) is 1. The lowest BCUT2D eigenvalue weighted by molar-refractivity contribution is 0.286. The van der Waals surface area contributed by atoms with Crippen molar-refractivity contribution in [3.63, 3.8) is 0 Å². The van der Waals surface area contributed by atoms with E-state index in [1.807, 2.05) is 12.1 Å². The number of nitrogens with one attached hydrogen (secondary N) is 1. The lowest BCUT2D eigenvalue weighted by Crippen LogP contribution is -2.44. The van der Waals surface area contributed by atoms with Crippen molar-refractivity contribution < 1.29 is 4.42 Å². The van der Waals surface area contributed by atoms with Gasteiger partial charge in [-0.2, -0.15) is 0 Å². The number of rotatable bonds is 8. The Morgan fingerprint density at radius 1 is 1.28 bits per heavy atom. The van der Waals surface area contributed by atoms with E-state index in [1.165, 1.54) is 6.42 Å². The van der Waals surface area contributed by atoms with Crippen LogP contribution in [-0.4, -0.2) is 37.6 Å². The summed E-state index contributed by atoms with van der Waals surface area (Å²) in [5, 5.41) is 3.72. The molecule has 3 nitrogen and oxygen atoms in total. The van der Waals surface area contributed by atoms with E-state index in [1.54, 1.807) is 6.26 Å². The van der Waals surface area contributed by atoms with Crippen molar-refractivity contribution in [3.05, 3.63) is 24.2 Å². The maximum Gasteiger partial charge on any atom is 0.105 e. The van der Waals surface area contributed by atoms with Crippen molar-refractivity contribution >= 4 is 0 Å².